The van der Waals surface area contributed by atoms with E-state index in [1.54, 1.807) is 6.20 Å². The first kappa shape index (κ1) is 7.03. The van der Waals surface area contributed by atoms with Crippen LogP contribution in [-0.2, 0) is 4.79 Å². The molecule has 0 saturated carbocycles. The zero-order chi connectivity index (χ0) is 8.39. The molecule has 0 aromatic carbocycles. The van der Waals surface area contributed by atoms with Crippen LogP contribution in [0.3, 0.4) is 0 Å². The molecule has 2 rings (SSSR count). The van der Waals surface area contributed by atoms with Crippen molar-refractivity contribution in [1.29, 1.82) is 0 Å². The standard InChI is InChI=1S/C9H8N2O/c12-9-8-7(4-6-10-8)3-1-2-5-11-9/h1-4,6H,5H2,(H,11,12). The summed E-state index contributed by atoms with van der Waals surface area (Å²) in [5.41, 5.74) is 1.39. The Morgan fingerprint density at radius 3 is 3.33 bits per heavy atom. The fourth-order valence-corrected chi connectivity index (χ4v) is 1.14. The molecule has 2 aliphatic heterocycles. The van der Waals surface area contributed by atoms with E-state index in [9.17, 15) is 4.79 Å². The molecule has 3 nitrogen and oxygen atoms in total. The quantitative estimate of drug-likeness (QED) is 0.553. The van der Waals surface area contributed by atoms with E-state index in [0.29, 0.717) is 12.3 Å². The molecule has 0 saturated heterocycles. The summed E-state index contributed by atoms with van der Waals surface area (Å²) in [6.07, 6.45) is 9.17. The number of aliphatic imine (C=N–C) groups is 1. The third-order valence-corrected chi connectivity index (χ3v) is 1.74. The number of allylic oxidation sites excluding steroid dienone is 3. The minimum Gasteiger partial charge on any atom is -0.347 e. The maximum absolute atomic E-state index is 11.3. The van der Waals surface area contributed by atoms with Gasteiger partial charge in [0.2, 0.25) is 0 Å². The summed E-state index contributed by atoms with van der Waals surface area (Å²) in [4.78, 5) is 15.3. The van der Waals surface area contributed by atoms with Crippen molar-refractivity contribution in [2.75, 3.05) is 6.54 Å². The summed E-state index contributed by atoms with van der Waals surface area (Å²) in [7, 11) is 0. The number of nitrogens with zero attached hydrogens (tertiary/aromatic N) is 1. The Bertz CT molecular complexity index is 334. The summed E-state index contributed by atoms with van der Waals surface area (Å²) in [6, 6.07) is 0. The Hall–Kier alpha value is -1.64. The molecule has 60 valence electrons. The number of carbonyl (C=O) groups is 1. The van der Waals surface area contributed by atoms with E-state index in [1.807, 2.05) is 24.3 Å². The Morgan fingerprint density at radius 2 is 2.42 bits per heavy atom. The number of rotatable bonds is 0. The molecular formula is C9H8N2O. The second-order valence-electron chi connectivity index (χ2n) is 2.55. The minimum absolute atomic E-state index is 0.101. The van der Waals surface area contributed by atoms with E-state index < -0.39 is 0 Å². The van der Waals surface area contributed by atoms with Crippen molar-refractivity contribution in [3.63, 3.8) is 0 Å². The van der Waals surface area contributed by atoms with Gasteiger partial charge < -0.3 is 5.32 Å². The minimum atomic E-state index is -0.101. The molecule has 0 spiro atoms. The SMILES string of the molecule is O=C1NCC=CC=C2C=CN=C12. The Labute approximate surface area is 70.2 Å². The summed E-state index contributed by atoms with van der Waals surface area (Å²) in [6.45, 7) is 0.571. The fourth-order valence-electron chi connectivity index (χ4n) is 1.14. The second-order valence-corrected chi connectivity index (χ2v) is 2.55. The van der Waals surface area contributed by atoms with Crippen molar-refractivity contribution in [2.45, 2.75) is 0 Å². The summed E-state index contributed by atoms with van der Waals surface area (Å²) in [5.74, 6) is -0.101. The first-order valence-corrected chi connectivity index (χ1v) is 3.78. The van der Waals surface area contributed by atoms with Crippen LogP contribution in [-0.4, -0.2) is 18.2 Å². The lowest BCUT2D eigenvalue weighted by Gasteiger charge is -2.05. The van der Waals surface area contributed by atoms with Gasteiger partial charge in [-0.2, -0.15) is 0 Å². The number of hydrogen-bond acceptors (Lipinski definition) is 2. The molecule has 0 fully saturated rings. The lowest BCUT2D eigenvalue weighted by molar-refractivity contribution is -0.114. The van der Waals surface area contributed by atoms with Crippen LogP contribution >= 0.6 is 0 Å². The highest BCUT2D eigenvalue weighted by molar-refractivity contribution is 6.47. The average Bonchev–Trinajstić information content (AvgIpc) is 2.47. The normalized spacial score (nSPS) is 20.5. The van der Waals surface area contributed by atoms with Crippen LogP contribution in [0.1, 0.15) is 0 Å². The van der Waals surface area contributed by atoms with E-state index in [-0.39, 0.29) is 5.91 Å². The molecular weight excluding hydrogens is 152 g/mol. The van der Waals surface area contributed by atoms with Gasteiger partial charge in [-0.1, -0.05) is 18.2 Å². The van der Waals surface area contributed by atoms with Crippen molar-refractivity contribution in [3.05, 3.63) is 36.1 Å². The highest BCUT2D eigenvalue weighted by Crippen LogP contribution is 2.10. The summed E-state index contributed by atoms with van der Waals surface area (Å²) < 4.78 is 0. The molecule has 0 aromatic heterocycles. The second kappa shape index (κ2) is 2.77. The van der Waals surface area contributed by atoms with Crippen LogP contribution in [0.15, 0.2) is 41.1 Å². The molecule has 0 atom stereocenters. The Balaban J connectivity index is 2.40. The maximum atomic E-state index is 11.3. The number of hydrogen-bond donors (Lipinski definition) is 1. The predicted octanol–water partition coefficient (Wildman–Crippen LogP) is 0.567. The van der Waals surface area contributed by atoms with Gasteiger partial charge in [0.25, 0.3) is 5.91 Å². The maximum Gasteiger partial charge on any atom is 0.270 e. The topological polar surface area (TPSA) is 41.5 Å². The molecule has 0 unspecified atom stereocenters. The van der Waals surface area contributed by atoms with Crippen LogP contribution < -0.4 is 5.32 Å². The summed E-state index contributed by atoms with van der Waals surface area (Å²) in [5, 5.41) is 2.72. The smallest absolute Gasteiger partial charge is 0.270 e. The lowest BCUT2D eigenvalue weighted by Crippen LogP contribution is -2.31. The van der Waals surface area contributed by atoms with Gasteiger partial charge in [-0.15, -0.1) is 0 Å². The largest absolute Gasteiger partial charge is 0.347 e. The van der Waals surface area contributed by atoms with Crippen LogP contribution in [0, 0.1) is 0 Å². The monoisotopic (exact) mass is 160 g/mol. The lowest BCUT2D eigenvalue weighted by atomic mass is 10.1. The molecule has 1 amide bonds. The van der Waals surface area contributed by atoms with Gasteiger partial charge in [0.1, 0.15) is 5.71 Å². The van der Waals surface area contributed by atoms with E-state index in [0.717, 1.165) is 5.57 Å². The van der Waals surface area contributed by atoms with E-state index in [1.165, 1.54) is 0 Å². The number of nitrogens with one attached hydrogen (secondary N) is 1. The average molecular weight is 160 g/mol. The van der Waals surface area contributed by atoms with E-state index >= 15 is 0 Å². The summed E-state index contributed by atoms with van der Waals surface area (Å²) >= 11 is 0. The van der Waals surface area contributed by atoms with Crippen molar-refractivity contribution >= 4 is 11.6 Å². The van der Waals surface area contributed by atoms with Crippen LogP contribution in [0.5, 0.6) is 0 Å². The van der Waals surface area contributed by atoms with Crippen LogP contribution in [0.4, 0.5) is 0 Å². The third-order valence-electron chi connectivity index (χ3n) is 1.74. The molecule has 12 heavy (non-hydrogen) atoms. The van der Waals surface area contributed by atoms with E-state index in [2.05, 4.69) is 10.3 Å². The van der Waals surface area contributed by atoms with Gasteiger partial charge >= 0.3 is 0 Å². The molecule has 0 bridgehead atoms. The van der Waals surface area contributed by atoms with Crippen molar-refractivity contribution in [1.82, 2.24) is 5.32 Å². The molecule has 2 aliphatic rings. The van der Waals surface area contributed by atoms with Crippen molar-refractivity contribution < 1.29 is 4.79 Å². The Morgan fingerprint density at radius 1 is 1.50 bits per heavy atom. The first-order chi connectivity index (χ1) is 5.88. The highest BCUT2D eigenvalue weighted by Gasteiger charge is 2.16. The molecule has 1 N–H and O–H groups in total. The van der Waals surface area contributed by atoms with Gasteiger partial charge in [-0.25, -0.2) is 0 Å². The molecule has 0 aromatic rings. The van der Waals surface area contributed by atoms with Gasteiger partial charge in [0, 0.05) is 18.3 Å². The molecule has 3 heteroatoms. The van der Waals surface area contributed by atoms with E-state index in [4.69, 9.17) is 0 Å². The number of carbonyl (C=O) groups excluding carboxylic acids is 1. The van der Waals surface area contributed by atoms with Gasteiger partial charge in [0.15, 0.2) is 0 Å². The van der Waals surface area contributed by atoms with Crippen molar-refractivity contribution in [2.24, 2.45) is 4.99 Å². The number of amides is 1. The van der Waals surface area contributed by atoms with Gasteiger partial charge in [-0.3, -0.25) is 9.79 Å². The highest BCUT2D eigenvalue weighted by atomic mass is 16.1. The first-order valence-electron chi connectivity index (χ1n) is 3.78. The Kier molecular flexibility index (Phi) is 1.63. The molecule has 0 aliphatic carbocycles. The zero-order valence-corrected chi connectivity index (χ0v) is 6.45. The zero-order valence-electron chi connectivity index (χ0n) is 6.45. The van der Waals surface area contributed by atoms with Gasteiger partial charge in [-0.05, 0) is 6.08 Å². The molecule has 2 heterocycles. The van der Waals surface area contributed by atoms with Crippen LogP contribution in [0.2, 0.25) is 0 Å². The predicted molar refractivity (Wildman–Crippen MR) is 46.8 cm³/mol. The van der Waals surface area contributed by atoms with Gasteiger partial charge in [0.05, 0.1) is 0 Å². The van der Waals surface area contributed by atoms with Crippen molar-refractivity contribution in [3.8, 4) is 0 Å². The fraction of sp³-hybridized carbons (Fsp3) is 0.111. The van der Waals surface area contributed by atoms with Crippen LogP contribution in [0.25, 0.3) is 0 Å². The third kappa shape index (κ3) is 1.09. The molecule has 0 radical (unpaired) electrons. The number of fused-ring (bicyclic) bond motifs is 1.